The minimum Gasteiger partial charge on any atom is -0.429 e. The van der Waals surface area contributed by atoms with E-state index < -0.39 is 17.8 Å². The van der Waals surface area contributed by atoms with Crippen molar-refractivity contribution in [3.05, 3.63) is 65.2 Å². The molecule has 0 spiro atoms. The molecule has 0 aliphatic heterocycles. The molecule has 2 saturated carbocycles. The van der Waals surface area contributed by atoms with Crippen LogP contribution in [0.2, 0.25) is 0 Å². The van der Waals surface area contributed by atoms with E-state index in [1.807, 2.05) is 0 Å². The largest absolute Gasteiger partial charge is 0.429 e. The second-order valence-corrected chi connectivity index (χ2v) is 10.1. The van der Waals surface area contributed by atoms with Gasteiger partial charge in [0, 0.05) is 0 Å². The molecule has 186 valence electrons. The molecule has 0 N–H and O–H groups in total. The highest BCUT2D eigenvalue weighted by molar-refractivity contribution is 5.31. The Hall–Kier alpha value is -2.11. The van der Waals surface area contributed by atoms with Gasteiger partial charge in [0.05, 0.1) is 11.1 Å². The lowest BCUT2D eigenvalue weighted by Crippen LogP contribution is -2.25. The summed E-state index contributed by atoms with van der Waals surface area (Å²) in [6, 6.07) is 9.54. The van der Waals surface area contributed by atoms with E-state index >= 15 is 0 Å². The van der Waals surface area contributed by atoms with Crippen molar-refractivity contribution in [2.24, 2.45) is 17.8 Å². The number of benzene rings is 2. The Kier molecular flexibility index (Phi) is 7.54. The molecule has 0 heterocycles. The van der Waals surface area contributed by atoms with Crippen LogP contribution >= 0.6 is 0 Å². The van der Waals surface area contributed by atoms with Crippen molar-refractivity contribution in [1.29, 1.82) is 0 Å². The van der Waals surface area contributed by atoms with E-state index in [1.165, 1.54) is 57.1 Å². The highest BCUT2D eigenvalue weighted by Gasteiger charge is 2.36. The molecule has 2 aliphatic rings. The molecular weight excluding hydrogens is 447 g/mol. The third-order valence-electron chi connectivity index (χ3n) is 8.05. The Morgan fingerprint density at radius 3 is 1.68 bits per heavy atom. The molecule has 2 aromatic rings. The van der Waals surface area contributed by atoms with E-state index in [4.69, 9.17) is 4.74 Å². The van der Waals surface area contributed by atoms with E-state index in [9.17, 15) is 22.0 Å². The van der Waals surface area contributed by atoms with Gasteiger partial charge in [0.25, 0.3) is 0 Å². The molecular formula is C28H33F5O. The Morgan fingerprint density at radius 1 is 0.676 bits per heavy atom. The van der Waals surface area contributed by atoms with Crippen molar-refractivity contribution in [1.82, 2.24) is 0 Å². The van der Waals surface area contributed by atoms with Gasteiger partial charge in [0.15, 0.2) is 0 Å². The van der Waals surface area contributed by atoms with Gasteiger partial charge in [-0.25, -0.2) is 0 Å². The molecule has 6 heteroatoms. The van der Waals surface area contributed by atoms with Crippen molar-refractivity contribution in [3.63, 3.8) is 0 Å². The summed E-state index contributed by atoms with van der Waals surface area (Å²) in [7, 11) is 0. The summed E-state index contributed by atoms with van der Waals surface area (Å²) < 4.78 is 72.0. The van der Waals surface area contributed by atoms with Gasteiger partial charge in [-0.15, -0.1) is 0 Å². The van der Waals surface area contributed by atoms with Crippen LogP contribution in [0, 0.1) is 17.8 Å². The van der Waals surface area contributed by atoms with Crippen LogP contribution in [-0.4, -0.2) is 0 Å². The SMILES string of the molecule is CC[C@H]1CC[C@H]([C@H]2CC[C@H](c3ccc(C(F)(F)Oc4ccc(C(F)(F)F)cc4)cc3)CC2)CC1. The van der Waals surface area contributed by atoms with E-state index in [0.29, 0.717) is 5.92 Å². The number of hydrogen-bond acceptors (Lipinski definition) is 1. The van der Waals surface area contributed by atoms with Gasteiger partial charge in [0.1, 0.15) is 5.75 Å². The quantitative estimate of drug-likeness (QED) is 0.374. The van der Waals surface area contributed by atoms with Crippen LogP contribution in [0.15, 0.2) is 48.5 Å². The zero-order chi connectivity index (χ0) is 24.3. The molecule has 4 rings (SSSR count). The highest BCUT2D eigenvalue weighted by Crippen LogP contribution is 2.44. The molecule has 0 saturated heterocycles. The van der Waals surface area contributed by atoms with Crippen molar-refractivity contribution >= 4 is 0 Å². The predicted molar refractivity (Wildman–Crippen MR) is 123 cm³/mol. The van der Waals surface area contributed by atoms with Crippen LogP contribution in [0.1, 0.15) is 87.3 Å². The molecule has 34 heavy (non-hydrogen) atoms. The van der Waals surface area contributed by atoms with Crippen molar-refractivity contribution < 1.29 is 26.7 Å². The molecule has 0 atom stereocenters. The normalized spacial score (nSPS) is 26.3. The van der Waals surface area contributed by atoms with Gasteiger partial charge in [-0.2, -0.15) is 22.0 Å². The minimum atomic E-state index is -4.52. The van der Waals surface area contributed by atoms with E-state index in [-0.39, 0.29) is 11.3 Å². The predicted octanol–water partition coefficient (Wildman–Crippen LogP) is 9.32. The van der Waals surface area contributed by atoms with E-state index in [0.717, 1.165) is 60.4 Å². The second-order valence-electron chi connectivity index (χ2n) is 10.1. The third kappa shape index (κ3) is 5.92. The summed E-state index contributed by atoms with van der Waals surface area (Å²) in [4.78, 5) is 0. The fourth-order valence-corrected chi connectivity index (χ4v) is 5.86. The summed E-state index contributed by atoms with van der Waals surface area (Å²) in [6.45, 7) is 2.29. The monoisotopic (exact) mass is 480 g/mol. The number of alkyl halides is 5. The molecule has 0 amide bonds. The average molecular weight is 481 g/mol. The summed E-state index contributed by atoms with van der Waals surface area (Å²) >= 11 is 0. The van der Waals surface area contributed by atoms with Crippen LogP contribution in [0.3, 0.4) is 0 Å². The standard InChI is InChI=1S/C28H33F5O/c1-2-19-3-5-20(6-4-19)21-7-9-22(10-8-21)23-11-13-25(14-12-23)28(32,33)34-26-17-15-24(16-18-26)27(29,30)31/h11-22H,2-10H2,1H3/t19-,20-,21-,22-. The number of ether oxygens (including phenoxy) is 1. The van der Waals surface area contributed by atoms with E-state index in [2.05, 4.69) is 6.92 Å². The molecule has 0 unspecified atom stereocenters. The summed E-state index contributed by atoms with van der Waals surface area (Å²) in [5.74, 6) is 2.64. The first-order valence-corrected chi connectivity index (χ1v) is 12.5. The molecule has 2 aliphatic carbocycles. The Labute approximate surface area is 198 Å². The molecule has 0 radical (unpaired) electrons. The Balaban J connectivity index is 1.32. The number of rotatable bonds is 6. The number of hydrogen-bond donors (Lipinski definition) is 0. The van der Waals surface area contributed by atoms with Crippen molar-refractivity contribution in [3.8, 4) is 5.75 Å². The summed E-state index contributed by atoms with van der Waals surface area (Å²) in [6.07, 6.45) is 3.19. The van der Waals surface area contributed by atoms with Gasteiger partial charge in [-0.3, -0.25) is 0 Å². The zero-order valence-electron chi connectivity index (χ0n) is 19.6. The van der Waals surface area contributed by atoms with Gasteiger partial charge in [0.2, 0.25) is 0 Å². The van der Waals surface area contributed by atoms with Crippen molar-refractivity contribution in [2.45, 2.75) is 82.9 Å². The van der Waals surface area contributed by atoms with E-state index in [1.54, 1.807) is 12.1 Å². The molecule has 0 aromatic heterocycles. The summed E-state index contributed by atoms with van der Waals surface area (Å²) in [5, 5.41) is 0. The lowest BCUT2D eigenvalue weighted by atomic mass is 9.68. The fourth-order valence-electron chi connectivity index (χ4n) is 5.86. The van der Waals surface area contributed by atoms with Crippen LogP contribution in [0.25, 0.3) is 0 Å². The Bertz CT molecular complexity index is 903. The van der Waals surface area contributed by atoms with Crippen molar-refractivity contribution in [2.75, 3.05) is 0 Å². The highest BCUT2D eigenvalue weighted by atomic mass is 19.4. The van der Waals surface area contributed by atoms with Gasteiger partial charge in [-0.1, -0.05) is 38.3 Å². The molecule has 1 nitrogen and oxygen atoms in total. The van der Waals surface area contributed by atoms with Crippen LogP contribution in [-0.2, 0) is 12.3 Å². The lowest BCUT2D eigenvalue weighted by Gasteiger charge is -2.38. The summed E-state index contributed by atoms with van der Waals surface area (Å²) in [5.41, 5.74) is -0.143. The maximum absolute atomic E-state index is 14.6. The first kappa shape index (κ1) is 25.0. The topological polar surface area (TPSA) is 9.23 Å². The van der Waals surface area contributed by atoms with Crippen LogP contribution in [0.5, 0.6) is 5.75 Å². The fraction of sp³-hybridized carbons (Fsp3) is 0.571. The van der Waals surface area contributed by atoms with Crippen LogP contribution < -0.4 is 4.74 Å². The lowest BCUT2D eigenvalue weighted by molar-refractivity contribution is -0.185. The average Bonchev–Trinajstić information content (AvgIpc) is 2.84. The molecule has 2 fully saturated rings. The van der Waals surface area contributed by atoms with Gasteiger partial charge < -0.3 is 4.74 Å². The maximum Gasteiger partial charge on any atom is 0.426 e. The maximum atomic E-state index is 14.6. The molecule has 2 aromatic carbocycles. The molecule has 0 bridgehead atoms. The Morgan fingerprint density at radius 2 is 1.18 bits per heavy atom. The van der Waals surface area contributed by atoms with Gasteiger partial charge >= 0.3 is 12.3 Å². The first-order chi connectivity index (χ1) is 16.2. The first-order valence-electron chi connectivity index (χ1n) is 12.5. The zero-order valence-corrected chi connectivity index (χ0v) is 19.6. The van der Waals surface area contributed by atoms with Gasteiger partial charge in [-0.05, 0) is 104 Å². The smallest absolute Gasteiger partial charge is 0.426 e. The second kappa shape index (κ2) is 10.2. The van der Waals surface area contributed by atoms with Crippen LogP contribution in [0.4, 0.5) is 22.0 Å². The number of halogens is 5. The third-order valence-corrected chi connectivity index (χ3v) is 8.05. The minimum absolute atomic E-state index is 0.308.